The summed E-state index contributed by atoms with van der Waals surface area (Å²) >= 11 is 0. The second-order valence-electron chi connectivity index (χ2n) is 6.93. The van der Waals surface area contributed by atoms with Crippen LogP contribution in [0.1, 0.15) is 21.6 Å². The van der Waals surface area contributed by atoms with Crippen LogP contribution in [0.3, 0.4) is 0 Å². The first-order valence-electron chi connectivity index (χ1n) is 9.41. The number of carbonyl (C=O) groups is 1. The van der Waals surface area contributed by atoms with E-state index >= 15 is 0 Å². The number of pyridine rings is 1. The molecular formula is C23H20FN5O. The lowest BCUT2D eigenvalue weighted by molar-refractivity contribution is 0.0947. The summed E-state index contributed by atoms with van der Waals surface area (Å²) < 4.78 is 14.7. The summed E-state index contributed by atoms with van der Waals surface area (Å²) in [4.78, 5) is 16.6. The van der Waals surface area contributed by atoms with Gasteiger partial charge >= 0.3 is 0 Å². The van der Waals surface area contributed by atoms with E-state index in [1.165, 1.54) is 12.1 Å². The third-order valence-corrected chi connectivity index (χ3v) is 4.88. The first-order valence-corrected chi connectivity index (χ1v) is 9.41. The zero-order valence-electron chi connectivity index (χ0n) is 16.3. The van der Waals surface area contributed by atoms with Gasteiger partial charge in [0, 0.05) is 35.1 Å². The number of hydrogen-bond donors (Lipinski definition) is 3. The van der Waals surface area contributed by atoms with Crippen molar-refractivity contribution in [3.05, 3.63) is 89.6 Å². The molecule has 0 fully saturated rings. The molecule has 4 aromatic rings. The summed E-state index contributed by atoms with van der Waals surface area (Å²) in [6.45, 7) is 2.23. The molecule has 7 heteroatoms. The number of benzene rings is 2. The fraction of sp³-hybridized carbons (Fsp3) is 0.0870. The normalized spacial score (nSPS) is 10.7. The van der Waals surface area contributed by atoms with Crippen LogP contribution in [0, 0.1) is 12.7 Å². The highest BCUT2D eigenvalue weighted by atomic mass is 19.1. The van der Waals surface area contributed by atoms with E-state index in [0.29, 0.717) is 17.7 Å². The minimum Gasteiger partial charge on any atom is -0.383 e. The Hall–Kier alpha value is -4.00. The molecule has 2 aromatic carbocycles. The van der Waals surface area contributed by atoms with E-state index in [4.69, 9.17) is 5.73 Å². The Morgan fingerprint density at radius 1 is 1.07 bits per heavy atom. The largest absolute Gasteiger partial charge is 0.383 e. The number of nitrogen functional groups attached to an aromatic ring is 1. The Morgan fingerprint density at radius 3 is 2.57 bits per heavy atom. The Balaban J connectivity index is 1.59. The average molecular weight is 401 g/mol. The van der Waals surface area contributed by atoms with E-state index in [1.807, 2.05) is 43.3 Å². The van der Waals surface area contributed by atoms with E-state index in [-0.39, 0.29) is 11.4 Å². The maximum absolute atomic E-state index is 14.7. The molecule has 4 rings (SSSR count). The van der Waals surface area contributed by atoms with Crippen LogP contribution in [0.15, 0.2) is 67.0 Å². The van der Waals surface area contributed by atoms with Crippen molar-refractivity contribution in [1.29, 1.82) is 0 Å². The van der Waals surface area contributed by atoms with Gasteiger partial charge in [-0.05, 0) is 36.2 Å². The zero-order chi connectivity index (χ0) is 21.1. The van der Waals surface area contributed by atoms with Gasteiger partial charge in [-0.15, -0.1) is 0 Å². The van der Waals surface area contributed by atoms with Crippen LogP contribution >= 0.6 is 0 Å². The number of hydrogen-bond acceptors (Lipinski definition) is 4. The Bertz CT molecular complexity index is 1200. The second-order valence-corrected chi connectivity index (χ2v) is 6.93. The number of amides is 1. The minimum absolute atomic E-state index is 0.0250. The van der Waals surface area contributed by atoms with Gasteiger partial charge in [0.05, 0.1) is 11.8 Å². The van der Waals surface area contributed by atoms with Gasteiger partial charge in [-0.1, -0.05) is 36.4 Å². The molecule has 150 valence electrons. The molecule has 0 radical (unpaired) electrons. The SMILES string of the molecule is Cc1[nH]ncc1-c1cnc(N)c(-c2ccc(C(=O)NCc3ccccc3)c(F)c2)c1. The molecule has 0 bridgehead atoms. The molecule has 0 aliphatic heterocycles. The molecule has 0 saturated carbocycles. The van der Waals surface area contributed by atoms with Crippen LogP contribution in [0.25, 0.3) is 22.3 Å². The van der Waals surface area contributed by atoms with Crippen molar-refractivity contribution in [3.8, 4) is 22.3 Å². The maximum atomic E-state index is 14.7. The van der Waals surface area contributed by atoms with Crippen LogP contribution in [0.4, 0.5) is 10.2 Å². The predicted molar refractivity (Wildman–Crippen MR) is 114 cm³/mol. The van der Waals surface area contributed by atoms with E-state index in [1.54, 1.807) is 18.5 Å². The van der Waals surface area contributed by atoms with E-state index in [2.05, 4.69) is 20.5 Å². The molecule has 2 aromatic heterocycles. The molecule has 4 N–H and O–H groups in total. The first kappa shape index (κ1) is 19.3. The number of rotatable bonds is 5. The number of aryl methyl sites for hydroxylation is 1. The summed E-state index contributed by atoms with van der Waals surface area (Å²) in [6.07, 6.45) is 3.35. The molecule has 0 atom stereocenters. The maximum Gasteiger partial charge on any atom is 0.254 e. The number of anilines is 1. The van der Waals surface area contributed by atoms with Crippen molar-refractivity contribution >= 4 is 11.7 Å². The topological polar surface area (TPSA) is 96.7 Å². The average Bonchev–Trinajstić information content (AvgIpc) is 3.19. The number of nitrogens with zero attached hydrogens (tertiary/aromatic N) is 2. The third-order valence-electron chi connectivity index (χ3n) is 4.88. The van der Waals surface area contributed by atoms with Gasteiger partial charge < -0.3 is 11.1 Å². The quantitative estimate of drug-likeness (QED) is 0.469. The lowest BCUT2D eigenvalue weighted by Crippen LogP contribution is -2.23. The van der Waals surface area contributed by atoms with Crippen LogP contribution in [-0.4, -0.2) is 21.1 Å². The lowest BCUT2D eigenvalue weighted by atomic mass is 10.00. The Labute approximate surface area is 173 Å². The molecule has 0 aliphatic carbocycles. The molecule has 2 heterocycles. The molecule has 0 unspecified atom stereocenters. The number of aromatic amines is 1. The summed E-state index contributed by atoms with van der Waals surface area (Å²) in [5.41, 5.74) is 10.7. The molecular weight excluding hydrogens is 381 g/mol. The Morgan fingerprint density at radius 2 is 1.87 bits per heavy atom. The van der Waals surface area contributed by atoms with Gasteiger partial charge in [-0.2, -0.15) is 5.10 Å². The molecule has 1 amide bonds. The van der Waals surface area contributed by atoms with E-state index < -0.39 is 11.7 Å². The van der Waals surface area contributed by atoms with E-state index in [9.17, 15) is 9.18 Å². The fourth-order valence-electron chi connectivity index (χ4n) is 3.24. The van der Waals surface area contributed by atoms with Crippen molar-refractivity contribution in [2.75, 3.05) is 5.73 Å². The molecule has 0 saturated heterocycles. The number of carbonyl (C=O) groups excluding carboxylic acids is 1. The number of nitrogens with two attached hydrogens (primary N) is 1. The van der Waals surface area contributed by atoms with Gasteiger partial charge in [0.15, 0.2) is 0 Å². The van der Waals surface area contributed by atoms with Crippen LogP contribution in [0.5, 0.6) is 0 Å². The van der Waals surface area contributed by atoms with Crippen molar-refractivity contribution in [1.82, 2.24) is 20.5 Å². The smallest absolute Gasteiger partial charge is 0.254 e. The van der Waals surface area contributed by atoms with Gasteiger partial charge in [-0.25, -0.2) is 9.37 Å². The zero-order valence-corrected chi connectivity index (χ0v) is 16.3. The summed E-state index contributed by atoms with van der Waals surface area (Å²) in [5, 5.41) is 9.63. The number of halogens is 1. The minimum atomic E-state index is -0.623. The van der Waals surface area contributed by atoms with Gasteiger partial charge in [-0.3, -0.25) is 9.89 Å². The Kier molecular flexibility index (Phi) is 5.26. The van der Waals surface area contributed by atoms with Crippen LogP contribution in [-0.2, 0) is 6.54 Å². The molecule has 0 aliphatic rings. The van der Waals surface area contributed by atoms with Gasteiger partial charge in [0.1, 0.15) is 11.6 Å². The highest BCUT2D eigenvalue weighted by molar-refractivity contribution is 5.95. The van der Waals surface area contributed by atoms with Crippen LogP contribution < -0.4 is 11.1 Å². The standard InChI is InChI=1S/C23H20FN5O/c1-14-20(13-28-29-14)17-9-19(22(25)26-12-17)16-7-8-18(21(24)10-16)23(30)27-11-15-5-3-2-4-6-15/h2-10,12-13H,11H2,1H3,(H2,25,26)(H,27,30)(H,28,29). The summed E-state index contributed by atoms with van der Waals surface area (Å²) in [7, 11) is 0. The van der Waals surface area contributed by atoms with Crippen molar-refractivity contribution in [2.24, 2.45) is 0 Å². The fourth-order valence-corrected chi connectivity index (χ4v) is 3.24. The summed E-state index contributed by atoms with van der Waals surface area (Å²) in [5.74, 6) is -0.820. The monoisotopic (exact) mass is 401 g/mol. The van der Waals surface area contributed by atoms with Crippen LogP contribution in [0.2, 0.25) is 0 Å². The third kappa shape index (κ3) is 3.91. The second kappa shape index (κ2) is 8.16. The summed E-state index contributed by atoms with van der Waals surface area (Å²) in [6, 6.07) is 15.7. The molecule has 6 nitrogen and oxygen atoms in total. The number of aromatic nitrogens is 3. The predicted octanol–water partition coefficient (Wildman–Crippen LogP) is 4.10. The van der Waals surface area contributed by atoms with Gasteiger partial charge in [0.25, 0.3) is 5.91 Å². The number of H-pyrrole nitrogens is 1. The molecule has 30 heavy (non-hydrogen) atoms. The van der Waals surface area contributed by atoms with Crippen molar-refractivity contribution in [2.45, 2.75) is 13.5 Å². The number of nitrogens with one attached hydrogen (secondary N) is 2. The highest BCUT2D eigenvalue weighted by Crippen LogP contribution is 2.31. The lowest BCUT2D eigenvalue weighted by Gasteiger charge is -2.10. The van der Waals surface area contributed by atoms with Crippen molar-refractivity contribution in [3.63, 3.8) is 0 Å². The first-order chi connectivity index (χ1) is 14.5. The highest BCUT2D eigenvalue weighted by Gasteiger charge is 2.15. The van der Waals surface area contributed by atoms with E-state index in [0.717, 1.165) is 22.4 Å². The van der Waals surface area contributed by atoms with Crippen molar-refractivity contribution < 1.29 is 9.18 Å². The molecule has 0 spiro atoms. The van der Waals surface area contributed by atoms with Gasteiger partial charge in [0.2, 0.25) is 0 Å².